The van der Waals surface area contributed by atoms with Crippen LogP contribution in [0.2, 0.25) is 0 Å². The van der Waals surface area contributed by atoms with Crippen LogP contribution >= 0.6 is 0 Å². The van der Waals surface area contributed by atoms with E-state index in [4.69, 9.17) is 0 Å². The van der Waals surface area contributed by atoms with Crippen molar-refractivity contribution in [3.63, 3.8) is 0 Å². The standard InChI is InChI=1S/C15H21N3O4/c1-4-17(10-14(19)16-11(2)3)15(20)9-12-7-5-6-8-13(12)18(21)22/h5-8,11H,4,9-10H2,1-3H3,(H,16,19). The van der Waals surface area contributed by atoms with Crippen LogP contribution in [0.3, 0.4) is 0 Å². The summed E-state index contributed by atoms with van der Waals surface area (Å²) in [5.41, 5.74) is 0.263. The number of nitrogens with one attached hydrogen (secondary N) is 1. The first-order valence-corrected chi connectivity index (χ1v) is 7.14. The molecule has 22 heavy (non-hydrogen) atoms. The van der Waals surface area contributed by atoms with Crippen LogP contribution in [0.25, 0.3) is 0 Å². The first-order chi connectivity index (χ1) is 10.3. The summed E-state index contributed by atoms with van der Waals surface area (Å²) in [4.78, 5) is 35.8. The Labute approximate surface area is 129 Å². The fourth-order valence-corrected chi connectivity index (χ4v) is 2.03. The number of hydrogen-bond acceptors (Lipinski definition) is 4. The van der Waals surface area contributed by atoms with E-state index < -0.39 is 4.92 Å². The van der Waals surface area contributed by atoms with Gasteiger partial charge < -0.3 is 10.2 Å². The Kier molecular flexibility index (Phi) is 6.49. The Morgan fingerprint density at radius 3 is 2.50 bits per heavy atom. The van der Waals surface area contributed by atoms with Crippen LogP contribution in [0.15, 0.2) is 24.3 Å². The van der Waals surface area contributed by atoms with Gasteiger partial charge in [-0.05, 0) is 20.8 Å². The van der Waals surface area contributed by atoms with Gasteiger partial charge in [-0.2, -0.15) is 0 Å². The van der Waals surface area contributed by atoms with E-state index in [0.29, 0.717) is 12.1 Å². The van der Waals surface area contributed by atoms with E-state index in [1.807, 2.05) is 13.8 Å². The van der Waals surface area contributed by atoms with Crippen molar-refractivity contribution < 1.29 is 14.5 Å². The van der Waals surface area contributed by atoms with Crippen LogP contribution in [-0.2, 0) is 16.0 Å². The number of nitro benzene ring substituents is 1. The third-order valence-electron chi connectivity index (χ3n) is 3.05. The molecule has 2 amide bonds. The highest BCUT2D eigenvalue weighted by Gasteiger charge is 2.20. The molecule has 1 N–H and O–H groups in total. The number of likely N-dealkylation sites (N-methyl/N-ethyl adjacent to an activating group) is 1. The molecule has 0 spiro atoms. The highest BCUT2D eigenvalue weighted by atomic mass is 16.6. The van der Waals surface area contributed by atoms with Crippen LogP contribution in [0.1, 0.15) is 26.3 Å². The summed E-state index contributed by atoms with van der Waals surface area (Å²) < 4.78 is 0. The Morgan fingerprint density at radius 1 is 1.32 bits per heavy atom. The molecule has 0 saturated heterocycles. The molecule has 0 aliphatic rings. The number of amides is 2. The Hall–Kier alpha value is -2.44. The molecule has 120 valence electrons. The molecule has 1 rings (SSSR count). The minimum Gasteiger partial charge on any atom is -0.352 e. The molecule has 0 heterocycles. The zero-order valence-electron chi connectivity index (χ0n) is 13.0. The van der Waals surface area contributed by atoms with E-state index in [1.165, 1.54) is 11.0 Å². The topological polar surface area (TPSA) is 92.6 Å². The molecule has 0 aliphatic carbocycles. The first kappa shape index (κ1) is 17.6. The number of benzene rings is 1. The van der Waals surface area contributed by atoms with Crippen molar-refractivity contribution in [2.24, 2.45) is 0 Å². The van der Waals surface area contributed by atoms with E-state index in [2.05, 4.69) is 5.32 Å². The molecule has 7 heteroatoms. The van der Waals surface area contributed by atoms with Gasteiger partial charge in [-0.1, -0.05) is 18.2 Å². The lowest BCUT2D eigenvalue weighted by atomic mass is 10.1. The zero-order chi connectivity index (χ0) is 16.7. The van der Waals surface area contributed by atoms with Crippen LogP contribution < -0.4 is 5.32 Å². The Morgan fingerprint density at radius 2 is 1.95 bits per heavy atom. The quantitative estimate of drug-likeness (QED) is 0.610. The second-order valence-electron chi connectivity index (χ2n) is 5.19. The minimum atomic E-state index is -0.510. The van der Waals surface area contributed by atoms with Gasteiger partial charge in [0.05, 0.1) is 17.9 Å². The van der Waals surface area contributed by atoms with Crippen molar-refractivity contribution in [3.05, 3.63) is 39.9 Å². The predicted octanol–water partition coefficient (Wildman–Crippen LogP) is 1.51. The average Bonchev–Trinajstić information content (AvgIpc) is 2.44. The maximum absolute atomic E-state index is 12.3. The third kappa shape index (κ3) is 5.16. The molecule has 0 fully saturated rings. The van der Waals surface area contributed by atoms with Gasteiger partial charge in [0, 0.05) is 24.2 Å². The van der Waals surface area contributed by atoms with Gasteiger partial charge in [-0.3, -0.25) is 19.7 Å². The van der Waals surface area contributed by atoms with Crippen molar-refractivity contribution in [1.82, 2.24) is 10.2 Å². The number of para-hydroxylation sites is 1. The van der Waals surface area contributed by atoms with Crippen molar-refractivity contribution in [2.45, 2.75) is 33.2 Å². The largest absolute Gasteiger partial charge is 0.352 e. The molecule has 0 aromatic heterocycles. The summed E-state index contributed by atoms with van der Waals surface area (Å²) in [6, 6.07) is 6.12. The molecular formula is C15H21N3O4. The summed E-state index contributed by atoms with van der Waals surface area (Å²) in [5, 5.41) is 13.7. The second-order valence-corrected chi connectivity index (χ2v) is 5.19. The summed E-state index contributed by atoms with van der Waals surface area (Å²) in [7, 11) is 0. The maximum Gasteiger partial charge on any atom is 0.273 e. The van der Waals surface area contributed by atoms with E-state index in [9.17, 15) is 19.7 Å². The number of carbonyl (C=O) groups is 2. The lowest BCUT2D eigenvalue weighted by Gasteiger charge is -2.21. The summed E-state index contributed by atoms with van der Waals surface area (Å²) in [5.74, 6) is -0.552. The molecule has 0 unspecified atom stereocenters. The summed E-state index contributed by atoms with van der Waals surface area (Å²) >= 11 is 0. The van der Waals surface area contributed by atoms with E-state index in [0.717, 1.165) is 0 Å². The number of nitrogens with zero attached hydrogens (tertiary/aromatic N) is 2. The van der Waals surface area contributed by atoms with E-state index >= 15 is 0 Å². The Balaban J connectivity index is 2.77. The van der Waals surface area contributed by atoms with Crippen LogP contribution in [0.4, 0.5) is 5.69 Å². The number of hydrogen-bond donors (Lipinski definition) is 1. The molecule has 7 nitrogen and oxygen atoms in total. The minimum absolute atomic E-state index is 0.00322. The van der Waals surface area contributed by atoms with Crippen LogP contribution in [0.5, 0.6) is 0 Å². The van der Waals surface area contributed by atoms with Gasteiger partial charge in [0.25, 0.3) is 5.69 Å². The van der Waals surface area contributed by atoms with E-state index in [-0.39, 0.29) is 36.5 Å². The molecule has 1 aromatic carbocycles. The van der Waals surface area contributed by atoms with Gasteiger partial charge in [0.2, 0.25) is 11.8 Å². The van der Waals surface area contributed by atoms with Gasteiger partial charge in [0.1, 0.15) is 0 Å². The van der Waals surface area contributed by atoms with Crippen molar-refractivity contribution in [3.8, 4) is 0 Å². The molecule has 0 bridgehead atoms. The van der Waals surface area contributed by atoms with Gasteiger partial charge in [0.15, 0.2) is 0 Å². The molecule has 0 radical (unpaired) electrons. The summed E-state index contributed by atoms with van der Waals surface area (Å²) in [6.07, 6.45) is -0.0973. The van der Waals surface area contributed by atoms with Gasteiger partial charge >= 0.3 is 0 Å². The monoisotopic (exact) mass is 307 g/mol. The number of carbonyl (C=O) groups excluding carboxylic acids is 2. The highest BCUT2D eigenvalue weighted by molar-refractivity contribution is 5.86. The van der Waals surface area contributed by atoms with Crippen molar-refractivity contribution >= 4 is 17.5 Å². The third-order valence-corrected chi connectivity index (χ3v) is 3.05. The number of nitro groups is 1. The van der Waals surface area contributed by atoms with Crippen LogP contribution in [0, 0.1) is 10.1 Å². The molecule has 0 atom stereocenters. The molecule has 0 saturated carbocycles. The SMILES string of the molecule is CCN(CC(=O)NC(C)C)C(=O)Cc1ccccc1[N+](=O)[O-]. The normalized spacial score (nSPS) is 10.4. The number of rotatable bonds is 7. The Bertz CT molecular complexity index is 557. The fourth-order valence-electron chi connectivity index (χ4n) is 2.03. The average molecular weight is 307 g/mol. The highest BCUT2D eigenvalue weighted by Crippen LogP contribution is 2.18. The van der Waals surface area contributed by atoms with Crippen molar-refractivity contribution in [2.75, 3.05) is 13.1 Å². The molecule has 0 aliphatic heterocycles. The van der Waals surface area contributed by atoms with Crippen LogP contribution in [-0.4, -0.2) is 40.8 Å². The van der Waals surface area contributed by atoms with Gasteiger partial charge in [-0.25, -0.2) is 0 Å². The predicted molar refractivity (Wildman–Crippen MR) is 82.3 cm³/mol. The lowest BCUT2D eigenvalue weighted by molar-refractivity contribution is -0.385. The molecular weight excluding hydrogens is 286 g/mol. The maximum atomic E-state index is 12.3. The second kappa shape index (κ2) is 8.11. The smallest absolute Gasteiger partial charge is 0.273 e. The fraction of sp³-hybridized carbons (Fsp3) is 0.467. The zero-order valence-corrected chi connectivity index (χ0v) is 13.0. The first-order valence-electron chi connectivity index (χ1n) is 7.14. The van der Waals surface area contributed by atoms with Gasteiger partial charge in [-0.15, -0.1) is 0 Å². The molecule has 1 aromatic rings. The lowest BCUT2D eigenvalue weighted by Crippen LogP contribution is -2.43. The summed E-state index contributed by atoms with van der Waals surface area (Å²) in [6.45, 7) is 5.76. The van der Waals surface area contributed by atoms with Crippen molar-refractivity contribution in [1.29, 1.82) is 0 Å². The van der Waals surface area contributed by atoms with E-state index in [1.54, 1.807) is 25.1 Å².